The van der Waals surface area contributed by atoms with E-state index in [4.69, 9.17) is 10.8 Å². The van der Waals surface area contributed by atoms with Gasteiger partial charge in [0.05, 0.1) is 13.1 Å². The number of aliphatic carboxylic acids is 1. The van der Waals surface area contributed by atoms with Gasteiger partial charge in [-0.1, -0.05) is 6.92 Å². The van der Waals surface area contributed by atoms with E-state index in [1.54, 1.807) is 6.92 Å². The third-order valence-corrected chi connectivity index (χ3v) is 2.90. The van der Waals surface area contributed by atoms with E-state index >= 15 is 0 Å². The van der Waals surface area contributed by atoms with Crippen LogP contribution >= 0.6 is 0 Å². The number of carbonyl (C=O) groups is 3. The number of nitrogens with one attached hydrogen (secondary N) is 1. The number of hydrogen-bond acceptors (Lipinski definition) is 4. The molecular formula is C10H17N3O4. The van der Waals surface area contributed by atoms with Gasteiger partial charge in [-0.05, 0) is 12.3 Å². The van der Waals surface area contributed by atoms with Crippen molar-refractivity contribution >= 4 is 17.8 Å². The number of likely N-dealkylation sites (tertiary alicyclic amines) is 1. The lowest BCUT2D eigenvalue weighted by molar-refractivity contribution is -0.149. The van der Waals surface area contributed by atoms with Crippen LogP contribution in [0.3, 0.4) is 0 Å². The molecule has 0 aromatic carbocycles. The number of amides is 2. The summed E-state index contributed by atoms with van der Waals surface area (Å²) < 4.78 is 0. The van der Waals surface area contributed by atoms with Gasteiger partial charge in [0.15, 0.2) is 0 Å². The van der Waals surface area contributed by atoms with Crippen molar-refractivity contribution in [3.8, 4) is 0 Å². The minimum Gasteiger partial charge on any atom is -0.480 e. The standard InChI is InChI=1S/C10H17N3O4/c1-6-2-3-13(9(6)10(16)17)8(15)5-12-7(14)4-11/h6,9H,2-5,11H2,1H3,(H,12,14)(H,16,17). The van der Waals surface area contributed by atoms with Crippen LogP contribution in [0, 0.1) is 5.92 Å². The van der Waals surface area contributed by atoms with Gasteiger partial charge in [-0.15, -0.1) is 0 Å². The zero-order valence-electron chi connectivity index (χ0n) is 9.68. The fourth-order valence-corrected chi connectivity index (χ4v) is 1.95. The molecule has 96 valence electrons. The maximum atomic E-state index is 11.7. The summed E-state index contributed by atoms with van der Waals surface area (Å²) >= 11 is 0. The Morgan fingerprint density at radius 1 is 1.47 bits per heavy atom. The number of carboxylic acids is 1. The molecule has 0 spiro atoms. The topological polar surface area (TPSA) is 113 Å². The first-order valence-electron chi connectivity index (χ1n) is 5.46. The van der Waals surface area contributed by atoms with Crippen molar-refractivity contribution in [2.45, 2.75) is 19.4 Å². The Labute approximate surface area is 98.9 Å². The zero-order valence-corrected chi connectivity index (χ0v) is 9.68. The Morgan fingerprint density at radius 3 is 2.65 bits per heavy atom. The molecule has 0 bridgehead atoms. The quantitative estimate of drug-likeness (QED) is 0.549. The molecule has 1 saturated heterocycles. The Balaban J connectivity index is 2.57. The monoisotopic (exact) mass is 243 g/mol. The molecule has 1 heterocycles. The van der Waals surface area contributed by atoms with E-state index in [1.165, 1.54) is 4.90 Å². The van der Waals surface area contributed by atoms with E-state index in [2.05, 4.69) is 5.32 Å². The van der Waals surface area contributed by atoms with Gasteiger partial charge in [0, 0.05) is 6.54 Å². The first-order chi connectivity index (χ1) is 7.97. The van der Waals surface area contributed by atoms with Gasteiger partial charge in [-0.2, -0.15) is 0 Å². The van der Waals surface area contributed by atoms with Gasteiger partial charge < -0.3 is 21.1 Å². The minimum absolute atomic E-state index is 0.0679. The molecule has 7 nitrogen and oxygen atoms in total. The van der Waals surface area contributed by atoms with Crippen molar-refractivity contribution in [1.29, 1.82) is 0 Å². The largest absolute Gasteiger partial charge is 0.480 e. The van der Waals surface area contributed by atoms with Crippen molar-refractivity contribution in [3.05, 3.63) is 0 Å². The summed E-state index contributed by atoms with van der Waals surface area (Å²) in [7, 11) is 0. The molecule has 0 radical (unpaired) electrons. The molecule has 1 fully saturated rings. The highest BCUT2D eigenvalue weighted by molar-refractivity contribution is 5.88. The van der Waals surface area contributed by atoms with Crippen LogP contribution in [0.15, 0.2) is 0 Å². The van der Waals surface area contributed by atoms with Crippen molar-refractivity contribution < 1.29 is 19.5 Å². The highest BCUT2D eigenvalue weighted by Crippen LogP contribution is 2.23. The van der Waals surface area contributed by atoms with Crippen LogP contribution < -0.4 is 11.1 Å². The van der Waals surface area contributed by atoms with Crippen LogP contribution in [0.2, 0.25) is 0 Å². The normalized spacial score (nSPS) is 23.5. The molecule has 2 atom stereocenters. The Kier molecular flexibility index (Phi) is 4.45. The molecule has 4 N–H and O–H groups in total. The highest BCUT2D eigenvalue weighted by atomic mass is 16.4. The van der Waals surface area contributed by atoms with Crippen LogP contribution in [0.4, 0.5) is 0 Å². The second kappa shape index (κ2) is 5.62. The average Bonchev–Trinajstić information content (AvgIpc) is 2.67. The number of nitrogens with zero attached hydrogens (tertiary/aromatic N) is 1. The van der Waals surface area contributed by atoms with E-state index in [1.807, 2.05) is 0 Å². The molecule has 1 aliphatic rings. The SMILES string of the molecule is CC1CCN(C(=O)CNC(=O)CN)C1C(=O)O. The highest BCUT2D eigenvalue weighted by Gasteiger charge is 2.39. The van der Waals surface area contributed by atoms with Crippen molar-refractivity contribution in [3.63, 3.8) is 0 Å². The molecule has 1 aliphatic heterocycles. The Hall–Kier alpha value is -1.63. The van der Waals surface area contributed by atoms with E-state index in [0.29, 0.717) is 13.0 Å². The molecule has 1 rings (SSSR count). The molecule has 0 aromatic rings. The minimum atomic E-state index is -1.01. The maximum absolute atomic E-state index is 11.7. The molecule has 2 amide bonds. The molecule has 7 heteroatoms. The number of rotatable bonds is 4. The van der Waals surface area contributed by atoms with Crippen LogP contribution in [0.5, 0.6) is 0 Å². The third kappa shape index (κ3) is 3.16. The summed E-state index contributed by atoms with van der Waals surface area (Å²) in [6.45, 7) is 1.82. The van der Waals surface area contributed by atoms with Gasteiger partial charge in [-0.25, -0.2) is 4.79 Å². The smallest absolute Gasteiger partial charge is 0.326 e. The van der Waals surface area contributed by atoms with Crippen LogP contribution in [0.25, 0.3) is 0 Å². The van der Waals surface area contributed by atoms with Crippen LogP contribution in [-0.2, 0) is 14.4 Å². The van der Waals surface area contributed by atoms with E-state index in [0.717, 1.165) is 0 Å². The Morgan fingerprint density at radius 2 is 2.12 bits per heavy atom. The molecule has 2 unspecified atom stereocenters. The average molecular weight is 243 g/mol. The lowest BCUT2D eigenvalue weighted by Crippen LogP contribution is -2.47. The summed E-state index contributed by atoms with van der Waals surface area (Å²) in [5.41, 5.74) is 5.08. The fraction of sp³-hybridized carbons (Fsp3) is 0.700. The summed E-state index contributed by atoms with van der Waals surface area (Å²) in [5, 5.41) is 11.4. The summed E-state index contributed by atoms with van der Waals surface area (Å²) in [6.07, 6.45) is 0.660. The second-order valence-electron chi connectivity index (χ2n) is 4.12. The maximum Gasteiger partial charge on any atom is 0.326 e. The first kappa shape index (κ1) is 13.4. The Bertz CT molecular complexity index is 332. The van der Waals surface area contributed by atoms with Crippen LogP contribution in [-0.4, -0.2) is 53.5 Å². The summed E-state index contributed by atoms with van der Waals surface area (Å²) in [5.74, 6) is -1.89. The van der Waals surface area contributed by atoms with Crippen molar-refractivity contribution in [2.24, 2.45) is 11.7 Å². The van der Waals surface area contributed by atoms with E-state index in [9.17, 15) is 14.4 Å². The zero-order chi connectivity index (χ0) is 13.0. The lowest BCUT2D eigenvalue weighted by atomic mass is 10.0. The van der Waals surface area contributed by atoms with E-state index < -0.39 is 17.9 Å². The fourth-order valence-electron chi connectivity index (χ4n) is 1.95. The number of hydrogen-bond donors (Lipinski definition) is 3. The van der Waals surface area contributed by atoms with Crippen molar-refractivity contribution in [2.75, 3.05) is 19.6 Å². The molecular weight excluding hydrogens is 226 g/mol. The van der Waals surface area contributed by atoms with E-state index in [-0.39, 0.29) is 24.9 Å². The number of carboxylic acid groups (broad SMARTS) is 1. The third-order valence-electron chi connectivity index (χ3n) is 2.90. The van der Waals surface area contributed by atoms with Gasteiger partial charge in [-0.3, -0.25) is 9.59 Å². The van der Waals surface area contributed by atoms with Gasteiger partial charge >= 0.3 is 5.97 Å². The second-order valence-corrected chi connectivity index (χ2v) is 4.12. The van der Waals surface area contributed by atoms with Gasteiger partial charge in [0.1, 0.15) is 6.04 Å². The molecule has 0 aliphatic carbocycles. The summed E-state index contributed by atoms with van der Waals surface area (Å²) in [4.78, 5) is 34.9. The predicted molar refractivity (Wildman–Crippen MR) is 59.0 cm³/mol. The molecule has 0 saturated carbocycles. The predicted octanol–water partition coefficient (Wildman–Crippen LogP) is -1.62. The van der Waals surface area contributed by atoms with Crippen molar-refractivity contribution in [1.82, 2.24) is 10.2 Å². The van der Waals surface area contributed by atoms with Gasteiger partial charge in [0.25, 0.3) is 0 Å². The molecule has 0 aromatic heterocycles. The number of nitrogens with two attached hydrogens (primary N) is 1. The van der Waals surface area contributed by atoms with Gasteiger partial charge in [0.2, 0.25) is 11.8 Å². The van der Waals surface area contributed by atoms with Crippen LogP contribution in [0.1, 0.15) is 13.3 Å². The first-order valence-corrected chi connectivity index (χ1v) is 5.46. The lowest BCUT2D eigenvalue weighted by Gasteiger charge is -2.23. The summed E-state index contributed by atoms with van der Waals surface area (Å²) in [6, 6.07) is -0.794. The molecule has 17 heavy (non-hydrogen) atoms. The number of carbonyl (C=O) groups excluding carboxylic acids is 2.